The SMILES string of the molecule is CCCNC(C)c1csc(-c2cccc(OCCC)c2)n1. The highest BCUT2D eigenvalue weighted by Crippen LogP contribution is 2.28. The summed E-state index contributed by atoms with van der Waals surface area (Å²) < 4.78 is 5.69. The molecule has 1 aromatic carbocycles. The molecule has 0 fully saturated rings. The van der Waals surface area contributed by atoms with Crippen LogP contribution in [-0.4, -0.2) is 18.1 Å². The van der Waals surface area contributed by atoms with Crippen LogP contribution in [-0.2, 0) is 0 Å². The van der Waals surface area contributed by atoms with E-state index in [-0.39, 0.29) is 0 Å². The van der Waals surface area contributed by atoms with E-state index >= 15 is 0 Å². The minimum Gasteiger partial charge on any atom is -0.494 e. The molecule has 1 heterocycles. The van der Waals surface area contributed by atoms with Crippen LogP contribution in [0.25, 0.3) is 10.6 Å². The third-order valence-electron chi connectivity index (χ3n) is 3.22. The molecule has 0 saturated carbocycles. The number of nitrogens with one attached hydrogen (secondary N) is 1. The van der Waals surface area contributed by atoms with Crippen molar-refractivity contribution in [2.75, 3.05) is 13.2 Å². The molecule has 0 saturated heterocycles. The van der Waals surface area contributed by atoms with Crippen LogP contribution in [0.15, 0.2) is 29.6 Å². The summed E-state index contributed by atoms with van der Waals surface area (Å²) in [6.07, 6.45) is 2.16. The van der Waals surface area contributed by atoms with Crippen LogP contribution in [0.4, 0.5) is 0 Å². The monoisotopic (exact) mass is 304 g/mol. The molecule has 0 aliphatic heterocycles. The summed E-state index contributed by atoms with van der Waals surface area (Å²) in [6.45, 7) is 8.23. The van der Waals surface area contributed by atoms with E-state index in [1.54, 1.807) is 11.3 Å². The van der Waals surface area contributed by atoms with Gasteiger partial charge in [0, 0.05) is 17.0 Å². The molecule has 21 heavy (non-hydrogen) atoms. The highest BCUT2D eigenvalue weighted by atomic mass is 32.1. The second-order valence-corrected chi connectivity index (χ2v) is 5.99. The number of hydrogen-bond acceptors (Lipinski definition) is 4. The number of benzene rings is 1. The molecule has 114 valence electrons. The predicted octanol–water partition coefficient (Wildman–Crippen LogP) is 4.66. The lowest BCUT2D eigenvalue weighted by Gasteiger charge is -2.09. The Morgan fingerprint density at radius 3 is 2.90 bits per heavy atom. The van der Waals surface area contributed by atoms with Gasteiger partial charge in [0.2, 0.25) is 0 Å². The van der Waals surface area contributed by atoms with Crippen LogP contribution < -0.4 is 10.1 Å². The summed E-state index contributed by atoms with van der Waals surface area (Å²) in [6, 6.07) is 8.49. The Morgan fingerprint density at radius 2 is 2.14 bits per heavy atom. The summed E-state index contributed by atoms with van der Waals surface area (Å²) in [7, 11) is 0. The maximum Gasteiger partial charge on any atom is 0.123 e. The second-order valence-electron chi connectivity index (χ2n) is 5.13. The Kier molecular flexibility index (Phi) is 6.21. The first kappa shape index (κ1) is 16.0. The van der Waals surface area contributed by atoms with Crippen molar-refractivity contribution in [1.29, 1.82) is 0 Å². The molecule has 2 aromatic rings. The van der Waals surface area contributed by atoms with Gasteiger partial charge in [0.1, 0.15) is 10.8 Å². The first-order valence-corrected chi connectivity index (χ1v) is 8.54. The van der Waals surface area contributed by atoms with Crippen LogP contribution in [0.5, 0.6) is 5.75 Å². The minimum atomic E-state index is 0.300. The lowest BCUT2D eigenvalue weighted by atomic mass is 10.2. The van der Waals surface area contributed by atoms with E-state index in [1.807, 2.05) is 12.1 Å². The fourth-order valence-electron chi connectivity index (χ4n) is 2.02. The Hall–Kier alpha value is -1.39. The lowest BCUT2D eigenvalue weighted by molar-refractivity contribution is 0.317. The quantitative estimate of drug-likeness (QED) is 0.770. The molecular weight excluding hydrogens is 280 g/mol. The van der Waals surface area contributed by atoms with E-state index in [0.717, 1.165) is 48.0 Å². The van der Waals surface area contributed by atoms with E-state index in [0.29, 0.717) is 6.04 Å². The topological polar surface area (TPSA) is 34.1 Å². The first-order valence-electron chi connectivity index (χ1n) is 7.66. The Bertz CT molecular complexity index is 553. The van der Waals surface area contributed by atoms with Gasteiger partial charge < -0.3 is 10.1 Å². The molecule has 1 N–H and O–H groups in total. The minimum absolute atomic E-state index is 0.300. The molecule has 1 aromatic heterocycles. The van der Waals surface area contributed by atoms with Crippen LogP contribution in [0, 0.1) is 0 Å². The Morgan fingerprint density at radius 1 is 1.29 bits per heavy atom. The zero-order chi connectivity index (χ0) is 15.1. The molecule has 4 heteroatoms. The van der Waals surface area contributed by atoms with Gasteiger partial charge in [0.15, 0.2) is 0 Å². The van der Waals surface area contributed by atoms with Gasteiger partial charge in [0.25, 0.3) is 0 Å². The van der Waals surface area contributed by atoms with E-state index in [2.05, 4.69) is 43.6 Å². The summed E-state index contributed by atoms with van der Waals surface area (Å²) in [5, 5.41) is 6.67. The normalized spacial score (nSPS) is 12.3. The van der Waals surface area contributed by atoms with Crippen LogP contribution >= 0.6 is 11.3 Å². The zero-order valence-electron chi connectivity index (χ0n) is 13.1. The molecule has 1 unspecified atom stereocenters. The van der Waals surface area contributed by atoms with Gasteiger partial charge in [-0.05, 0) is 38.4 Å². The molecule has 0 aliphatic rings. The predicted molar refractivity (Wildman–Crippen MR) is 90.0 cm³/mol. The highest BCUT2D eigenvalue weighted by molar-refractivity contribution is 7.13. The van der Waals surface area contributed by atoms with Gasteiger partial charge in [-0.3, -0.25) is 0 Å². The van der Waals surface area contributed by atoms with Crippen molar-refractivity contribution < 1.29 is 4.74 Å². The maximum absolute atomic E-state index is 5.69. The molecule has 0 amide bonds. The summed E-state index contributed by atoms with van der Waals surface area (Å²) in [5.41, 5.74) is 2.24. The van der Waals surface area contributed by atoms with Crippen molar-refractivity contribution >= 4 is 11.3 Å². The first-order chi connectivity index (χ1) is 10.2. The molecule has 1 atom stereocenters. The van der Waals surface area contributed by atoms with Gasteiger partial charge in [-0.25, -0.2) is 4.98 Å². The van der Waals surface area contributed by atoms with Crippen molar-refractivity contribution in [3.8, 4) is 16.3 Å². The number of nitrogens with zero attached hydrogens (tertiary/aromatic N) is 1. The molecule has 2 rings (SSSR count). The average molecular weight is 304 g/mol. The van der Waals surface area contributed by atoms with Crippen molar-refractivity contribution in [1.82, 2.24) is 10.3 Å². The van der Waals surface area contributed by atoms with E-state index in [1.165, 1.54) is 0 Å². The zero-order valence-corrected chi connectivity index (χ0v) is 13.9. The Balaban J connectivity index is 2.10. The number of aromatic nitrogens is 1. The summed E-state index contributed by atoms with van der Waals surface area (Å²) in [4.78, 5) is 4.76. The number of hydrogen-bond donors (Lipinski definition) is 1. The molecule has 0 aliphatic carbocycles. The molecule has 0 spiro atoms. The van der Waals surface area contributed by atoms with Gasteiger partial charge in [-0.15, -0.1) is 11.3 Å². The smallest absolute Gasteiger partial charge is 0.123 e. The van der Waals surface area contributed by atoms with Crippen molar-refractivity contribution in [3.63, 3.8) is 0 Å². The van der Waals surface area contributed by atoms with Gasteiger partial charge >= 0.3 is 0 Å². The van der Waals surface area contributed by atoms with Gasteiger partial charge in [-0.2, -0.15) is 0 Å². The van der Waals surface area contributed by atoms with Crippen molar-refractivity contribution in [2.45, 2.75) is 39.7 Å². The van der Waals surface area contributed by atoms with Crippen molar-refractivity contribution in [3.05, 3.63) is 35.3 Å². The fourth-order valence-corrected chi connectivity index (χ4v) is 2.93. The second kappa shape index (κ2) is 8.15. The number of rotatable bonds is 8. The lowest BCUT2D eigenvalue weighted by Crippen LogP contribution is -2.19. The fraction of sp³-hybridized carbons (Fsp3) is 0.471. The van der Waals surface area contributed by atoms with Crippen molar-refractivity contribution in [2.24, 2.45) is 0 Å². The van der Waals surface area contributed by atoms with E-state index in [4.69, 9.17) is 9.72 Å². The molecule has 0 bridgehead atoms. The maximum atomic E-state index is 5.69. The molecular formula is C17H24N2OS. The van der Waals surface area contributed by atoms with E-state index in [9.17, 15) is 0 Å². The van der Waals surface area contributed by atoms with Crippen LogP contribution in [0.3, 0.4) is 0 Å². The highest BCUT2D eigenvalue weighted by Gasteiger charge is 2.10. The largest absolute Gasteiger partial charge is 0.494 e. The van der Waals surface area contributed by atoms with Gasteiger partial charge in [0.05, 0.1) is 12.3 Å². The standard InChI is InChI=1S/C17H24N2OS/c1-4-9-18-13(3)16-12-21-17(19-16)14-7-6-8-15(11-14)20-10-5-2/h6-8,11-13,18H,4-5,9-10H2,1-3H3. The number of thiazole rings is 1. The number of ether oxygens (including phenoxy) is 1. The summed E-state index contributed by atoms with van der Waals surface area (Å²) in [5.74, 6) is 0.920. The third kappa shape index (κ3) is 4.55. The van der Waals surface area contributed by atoms with Gasteiger partial charge in [-0.1, -0.05) is 26.0 Å². The van der Waals surface area contributed by atoms with Crippen LogP contribution in [0.2, 0.25) is 0 Å². The van der Waals surface area contributed by atoms with Crippen LogP contribution in [0.1, 0.15) is 45.3 Å². The summed E-state index contributed by atoms with van der Waals surface area (Å²) >= 11 is 1.69. The van der Waals surface area contributed by atoms with E-state index < -0.39 is 0 Å². The molecule has 0 radical (unpaired) electrons. The third-order valence-corrected chi connectivity index (χ3v) is 4.13. The Labute approximate surface area is 131 Å². The molecule has 3 nitrogen and oxygen atoms in total. The average Bonchev–Trinajstić information content (AvgIpc) is 3.01.